The van der Waals surface area contributed by atoms with E-state index < -0.39 is 66.4 Å². The monoisotopic (exact) mass is 502 g/mol. The largest absolute Gasteiger partial charge is 0.481 e. The van der Waals surface area contributed by atoms with Gasteiger partial charge >= 0.3 is 11.9 Å². The number of thioether (sulfide) groups is 1. The van der Waals surface area contributed by atoms with Crippen LogP contribution in [0.25, 0.3) is 0 Å². The number of rotatable bonds is 15. The number of hydrogen-bond donors (Lipinski definition) is 8. The Morgan fingerprint density at radius 1 is 1.09 bits per heavy atom. The number of nitrogens with one attached hydrogen (secondary N) is 4. The van der Waals surface area contributed by atoms with Gasteiger partial charge in [-0.15, -0.1) is 0 Å². The van der Waals surface area contributed by atoms with Crippen LogP contribution < -0.4 is 21.7 Å². The van der Waals surface area contributed by atoms with Gasteiger partial charge in [0.25, 0.3) is 0 Å². The maximum absolute atomic E-state index is 12.8. The molecule has 5 atom stereocenters. The molecular formula is C19H30N6O8S. The number of carboxylic acid groups (broad SMARTS) is 2. The van der Waals surface area contributed by atoms with Gasteiger partial charge in [-0.3, -0.25) is 19.2 Å². The third kappa shape index (κ3) is 9.76. The SMILES string of the molecule is CSCCC(NC(=O)C(N)CC(=O)O)C(=O)NC(C(=O)NC(Cc1cnc[nH]1)C(=O)O)C(C)O. The molecule has 0 aromatic carbocycles. The van der Waals surface area contributed by atoms with Crippen molar-refractivity contribution in [2.75, 3.05) is 12.0 Å². The number of nitrogens with zero attached hydrogens (tertiary/aromatic N) is 1. The average molecular weight is 503 g/mol. The highest BCUT2D eigenvalue weighted by Crippen LogP contribution is 2.05. The van der Waals surface area contributed by atoms with Crippen molar-refractivity contribution in [3.8, 4) is 0 Å². The number of carbonyl (C=O) groups is 5. The van der Waals surface area contributed by atoms with Crippen molar-refractivity contribution in [1.29, 1.82) is 0 Å². The summed E-state index contributed by atoms with van der Waals surface area (Å²) in [6.07, 6.45) is 2.47. The lowest BCUT2D eigenvalue weighted by Crippen LogP contribution is -2.60. The maximum atomic E-state index is 12.8. The summed E-state index contributed by atoms with van der Waals surface area (Å²) in [7, 11) is 0. The fourth-order valence-electron chi connectivity index (χ4n) is 2.80. The molecular weight excluding hydrogens is 472 g/mol. The molecule has 1 heterocycles. The van der Waals surface area contributed by atoms with E-state index >= 15 is 0 Å². The molecule has 1 aromatic rings. The Morgan fingerprint density at radius 2 is 1.74 bits per heavy atom. The van der Waals surface area contributed by atoms with Crippen LogP contribution in [0.4, 0.5) is 0 Å². The van der Waals surface area contributed by atoms with E-state index in [9.17, 15) is 34.2 Å². The second-order valence-corrected chi connectivity index (χ2v) is 8.44. The molecule has 9 N–H and O–H groups in total. The molecule has 3 amide bonds. The Kier molecular flexibility index (Phi) is 12.0. The van der Waals surface area contributed by atoms with Crippen molar-refractivity contribution >= 4 is 41.4 Å². The average Bonchev–Trinajstić information content (AvgIpc) is 3.26. The molecule has 0 bridgehead atoms. The molecule has 1 rings (SSSR count). The molecule has 0 radical (unpaired) electrons. The standard InChI is InChI=1S/C19H30N6O8S/c1-9(26)15(18(31)24-13(19(32)33)5-10-7-21-8-22-10)25-17(30)12(3-4-34-2)23-16(29)11(20)6-14(27)28/h7-9,11-13,15,26H,3-6,20H2,1-2H3,(H,21,22)(H,23,29)(H,24,31)(H,25,30)(H,27,28)(H,32,33). The summed E-state index contributed by atoms with van der Waals surface area (Å²) in [6.45, 7) is 1.23. The fraction of sp³-hybridized carbons (Fsp3) is 0.579. The van der Waals surface area contributed by atoms with E-state index in [1.165, 1.54) is 31.2 Å². The van der Waals surface area contributed by atoms with Crippen molar-refractivity contribution < 1.29 is 39.3 Å². The number of H-pyrrole nitrogens is 1. The highest BCUT2D eigenvalue weighted by atomic mass is 32.2. The number of carboxylic acids is 2. The van der Waals surface area contributed by atoms with Crippen molar-refractivity contribution in [2.24, 2.45) is 5.73 Å². The number of aliphatic hydroxyl groups excluding tert-OH is 1. The van der Waals surface area contributed by atoms with E-state index in [2.05, 4.69) is 25.9 Å². The predicted octanol–water partition coefficient (Wildman–Crippen LogP) is -2.57. The van der Waals surface area contributed by atoms with Crippen LogP contribution in [0.15, 0.2) is 12.5 Å². The number of nitrogens with two attached hydrogens (primary N) is 1. The molecule has 0 fully saturated rings. The number of amides is 3. The van der Waals surface area contributed by atoms with Gasteiger partial charge in [-0.2, -0.15) is 11.8 Å². The molecule has 0 spiro atoms. The normalized spacial score (nSPS) is 15.3. The number of aromatic amines is 1. The molecule has 15 heteroatoms. The fourth-order valence-corrected chi connectivity index (χ4v) is 3.27. The number of aromatic nitrogens is 2. The van der Waals surface area contributed by atoms with Gasteiger partial charge in [0.2, 0.25) is 17.7 Å². The minimum atomic E-state index is -1.53. The predicted molar refractivity (Wildman–Crippen MR) is 121 cm³/mol. The summed E-state index contributed by atoms with van der Waals surface area (Å²) in [4.78, 5) is 66.5. The van der Waals surface area contributed by atoms with Gasteiger partial charge in [-0.25, -0.2) is 9.78 Å². The first-order valence-electron chi connectivity index (χ1n) is 10.2. The third-order valence-corrected chi connectivity index (χ3v) is 5.27. The van der Waals surface area contributed by atoms with Gasteiger partial charge < -0.3 is 42.0 Å². The quantitative estimate of drug-likeness (QED) is 0.124. The minimum absolute atomic E-state index is 0.116. The smallest absolute Gasteiger partial charge is 0.326 e. The zero-order chi connectivity index (χ0) is 25.8. The minimum Gasteiger partial charge on any atom is -0.481 e. The van der Waals surface area contributed by atoms with E-state index in [0.717, 1.165) is 0 Å². The maximum Gasteiger partial charge on any atom is 0.326 e. The summed E-state index contributed by atoms with van der Waals surface area (Å²) in [5.74, 6) is -4.84. The lowest BCUT2D eigenvalue weighted by molar-refractivity contribution is -0.143. The highest BCUT2D eigenvalue weighted by Gasteiger charge is 2.33. The van der Waals surface area contributed by atoms with E-state index in [1.54, 1.807) is 6.26 Å². The Bertz CT molecular complexity index is 850. The van der Waals surface area contributed by atoms with Crippen molar-refractivity contribution in [3.63, 3.8) is 0 Å². The lowest BCUT2D eigenvalue weighted by atomic mass is 10.1. The third-order valence-electron chi connectivity index (χ3n) is 4.63. The molecule has 5 unspecified atom stereocenters. The number of imidazole rings is 1. The first-order valence-corrected chi connectivity index (χ1v) is 11.6. The molecule has 0 aliphatic heterocycles. The summed E-state index contributed by atoms with van der Waals surface area (Å²) < 4.78 is 0. The van der Waals surface area contributed by atoms with Crippen LogP contribution in [-0.2, 0) is 30.4 Å². The van der Waals surface area contributed by atoms with Crippen LogP contribution in [0.5, 0.6) is 0 Å². The van der Waals surface area contributed by atoms with Crippen molar-refractivity contribution in [2.45, 2.75) is 56.5 Å². The van der Waals surface area contributed by atoms with Gasteiger partial charge in [-0.05, 0) is 25.4 Å². The van der Waals surface area contributed by atoms with Crippen molar-refractivity contribution in [3.05, 3.63) is 18.2 Å². The molecule has 0 saturated heterocycles. The molecule has 34 heavy (non-hydrogen) atoms. The van der Waals surface area contributed by atoms with Crippen LogP contribution in [0.3, 0.4) is 0 Å². The van der Waals surface area contributed by atoms with Crippen LogP contribution in [0.1, 0.15) is 25.5 Å². The molecule has 14 nitrogen and oxygen atoms in total. The zero-order valence-corrected chi connectivity index (χ0v) is 19.5. The summed E-state index contributed by atoms with van der Waals surface area (Å²) in [5.41, 5.74) is 5.98. The van der Waals surface area contributed by atoms with Gasteiger partial charge in [0.1, 0.15) is 18.1 Å². The van der Waals surface area contributed by atoms with Crippen molar-refractivity contribution in [1.82, 2.24) is 25.9 Å². The van der Waals surface area contributed by atoms with E-state index in [4.69, 9.17) is 10.8 Å². The van der Waals surface area contributed by atoms with Gasteiger partial charge in [-0.1, -0.05) is 0 Å². The summed E-state index contributed by atoms with van der Waals surface area (Å²) in [5, 5.41) is 35.2. The first kappa shape index (κ1) is 28.9. The number of carbonyl (C=O) groups excluding carboxylic acids is 3. The van der Waals surface area contributed by atoms with Crippen LogP contribution in [0.2, 0.25) is 0 Å². The topological polar surface area (TPSA) is 237 Å². The van der Waals surface area contributed by atoms with Gasteiger partial charge in [0.05, 0.1) is 24.9 Å². The second kappa shape index (κ2) is 14.2. The Hall–Kier alpha value is -3.17. The lowest BCUT2D eigenvalue weighted by Gasteiger charge is -2.26. The van der Waals surface area contributed by atoms with Crippen LogP contribution in [0, 0.1) is 0 Å². The van der Waals surface area contributed by atoms with E-state index in [1.807, 2.05) is 0 Å². The first-order chi connectivity index (χ1) is 16.0. The Labute approximate surface area is 199 Å². The number of aliphatic hydroxyl groups is 1. The number of aliphatic carboxylic acids is 2. The Morgan fingerprint density at radius 3 is 2.24 bits per heavy atom. The summed E-state index contributed by atoms with van der Waals surface area (Å²) in [6, 6.07) is -5.46. The number of hydrogen-bond acceptors (Lipinski definition) is 9. The van der Waals surface area contributed by atoms with Gasteiger partial charge in [0, 0.05) is 18.3 Å². The molecule has 190 valence electrons. The van der Waals surface area contributed by atoms with E-state index in [-0.39, 0.29) is 12.8 Å². The molecule has 1 aromatic heterocycles. The highest BCUT2D eigenvalue weighted by molar-refractivity contribution is 7.98. The van der Waals surface area contributed by atoms with Crippen LogP contribution >= 0.6 is 11.8 Å². The van der Waals surface area contributed by atoms with E-state index in [0.29, 0.717) is 11.4 Å². The summed E-state index contributed by atoms with van der Waals surface area (Å²) >= 11 is 1.38. The Balaban J connectivity index is 2.91. The van der Waals surface area contributed by atoms with Gasteiger partial charge in [0.15, 0.2) is 0 Å². The molecule has 0 aliphatic carbocycles. The molecule has 0 aliphatic rings. The molecule has 0 saturated carbocycles. The zero-order valence-electron chi connectivity index (χ0n) is 18.7. The second-order valence-electron chi connectivity index (χ2n) is 7.45. The van der Waals surface area contributed by atoms with Crippen LogP contribution in [-0.4, -0.2) is 97.2 Å².